The largest absolute Gasteiger partial charge is 0.486 e. The van der Waals surface area contributed by atoms with Crippen molar-refractivity contribution in [1.29, 1.82) is 0 Å². The summed E-state index contributed by atoms with van der Waals surface area (Å²) in [5.74, 6) is 1.53. The van der Waals surface area contributed by atoms with Crippen molar-refractivity contribution in [2.24, 2.45) is 0 Å². The molecule has 0 aliphatic carbocycles. The molecule has 17 heavy (non-hydrogen) atoms. The molecule has 0 radical (unpaired) electrons. The monoisotopic (exact) mass is 232 g/mol. The third-order valence-corrected chi connectivity index (χ3v) is 2.26. The summed E-state index contributed by atoms with van der Waals surface area (Å²) in [5.41, 5.74) is 1.26. The van der Waals surface area contributed by atoms with E-state index in [-0.39, 0.29) is 0 Å². The van der Waals surface area contributed by atoms with E-state index in [0.29, 0.717) is 13.2 Å². The second-order valence-corrected chi connectivity index (χ2v) is 3.73. The van der Waals surface area contributed by atoms with Crippen molar-refractivity contribution in [2.75, 3.05) is 13.2 Å². The number of hydrogen-bond donors (Lipinski definition) is 0. The minimum absolute atomic E-state index is 0.484. The average Bonchev–Trinajstić information content (AvgIpc) is 2.35. The van der Waals surface area contributed by atoms with E-state index in [0.717, 1.165) is 24.3 Å². The van der Waals surface area contributed by atoms with Crippen LogP contribution in [0.15, 0.2) is 43.5 Å². The molecule has 0 N–H and O–H groups in total. The van der Waals surface area contributed by atoms with Crippen LogP contribution >= 0.6 is 0 Å². The summed E-state index contributed by atoms with van der Waals surface area (Å²) in [6.45, 7) is 10.4. The van der Waals surface area contributed by atoms with Gasteiger partial charge in [-0.05, 0) is 24.1 Å². The molecule has 2 nitrogen and oxygen atoms in total. The summed E-state index contributed by atoms with van der Waals surface area (Å²) in [5, 5.41) is 0. The molecule has 0 unspecified atom stereocenters. The van der Waals surface area contributed by atoms with Crippen molar-refractivity contribution in [3.8, 4) is 11.5 Å². The predicted octanol–water partition coefficient (Wildman–Crippen LogP) is 3.77. The van der Waals surface area contributed by atoms with E-state index in [1.165, 1.54) is 5.56 Å². The van der Waals surface area contributed by atoms with Gasteiger partial charge < -0.3 is 9.47 Å². The van der Waals surface area contributed by atoms with E-state index < -0.39 is 0 Å². The summed E-state index contributed by atoms with van der Waals surface area (Å²) in [7, 11) is 0. The maximum absolute atomic E-state index is 5.59. The number of aryl methyl sites for hydroxylation is 1. The zero-order chi connectivity index (χ0) is 12.5. The van der Waals surface area contributed by atoms with Crippen LogP contribution in [0.4, 0.5) is 0 Å². The van der Waals surface area contributed by atoms with Gasteiger partial charge in [-0.25, -0.2) is 0 Å². The third-order valence-electron chi connectivity index (χ3n) is 2.26. The number of benzene rings is 1. The molecular weight excluding hydrogens is 212 g/mol. The zero-order valence-electron chi connectivity index (χ0n) is 10.4. The Morgan fingerprint density at radius 1 is 1.06 bits per heavy atom. The Hall–Kier alpha value is -1.70. The Bertz CT molecular complexity index is 369. The molecule has 0 spiro atoms. The van der Waals surface area contributed by atoms with Gasteiger partial charge in [0.05, 0.1) is 0 Å². The van der Waals surface area contributed by atoms with Crippen LogP contribution in [0.1, 0.15) is 18.9 Å². The van der Waals surface area contributed by atoms with Crippen molar-refractivity contribution in [3.63, 3.8) is 0 Å². The Balaban J connectivity index is 2.85. The number of hydrogen-bond acceptors (Lipinski definition) is 2. The Kier molecular flexibility index (Phi) is 5.94. The van der Waals surface area contributed by atoms with E-state index in [1.807, 2.05) is 12.1 Å². The van der Waals surface area contributed by atoms with Crippen LogP contribution in [-0.4, -0.2) is 13.2 Å². The predicted molar refractivity (Wildman–Crippen MR) is 71.8 cm³/mol. The second kappa shape index (κ2) is 7.55. The van der Waals surface area contributed by atoms with Crippen molar-refractivity contribution < 1.29 is 9.47 Å². The highest BCUT2D eigenvalue weighted by molar-refractivity contribution is 5.43. The lowest BCUT2D eigenvalue weighted by Gasteiger charge is -2.12. The van der Waals surface area contributed by atoms with E-state index in [2.05, 4.69) is 26.1 Å². The molecule has 0 saturated carbocycles. The molecule has 1 aromatic rings. The van der Waals surface area contributed by atoms with Gasteiger partial charge in [0, 0.05) is 0 Å². The molecule has 0 amide bonds. The topological polar surface area (TPSA) is 18.5 Å². The highest BCUT2D eigenvalue weighted by atomic mass is 16.5. The fraction of sp³-hybridized carbons (Fsp3) is 0.333. The van der Waals surface area contributed by atoms with Gasteiger partial charge in [-0.3, -0.25) is 0 Å². The summed E-state index contributed by atoms with van der Waals surface area (Å²) in [4.78, 5) is 0. The molecule has 1 aromatic carbocycles. The fourth-order valence-corrected chi connectivity index (χ4v) is 1.53. The molecular formula is C15H20O2. The maximum atomic E-state index is 5.59. The molecule has 0 aromatic heterocycles. The summed E-state index contributed by atoms with van der Waals surface area (Å²) < 4.78 is 11.1. The van der Waals surface area contributed by atoms with Crippen molar-refractivity contribution in [3.05, 3.63) is 49.1 Å². The van der Waals surface area contributed by atoms with E-state index in [4.69, 9.17) is 9.47 Å². The molecule has 1 rings (SSSR count). The SMILES string of the molecule is C=CCOc1ccc(CCC)cc1OCC=C. The highest BCUT2D eigenvalue weighted by Crippen LogP contribution is 2.29. The summed E-state index contributed by atoms with van der Waals surface area (Å²) in [6.07, 6.45) is 5.61. The Morgan fingerprint density at radius 2 is 1.71 bits per heavy atom. The first-order chi connectivity index (χ1) is 8.31. The second-order valence-electron chi connectivity index (χ2n) is 3.73. The van der Waals surface area contributed by atoms with Gasteiger partial charge in [-0.1, -0.05) is 44.7 Å². The van der Waals surface area contributed by atoms with Gasteiger partial charge in [-0.15, -0.1) is 0 Å². The molecule has 0 saturated heterocycles. The normalized spacial score (nSPS) is 9.71. The van der Waals surface area contributed by atoms with Gasteiger partial charge in [0.1, 0.15) is 13.2 Å². The molecule has 0 aliphatic heterocycles. The van der Waals surface area contributed by atoms with Crippen LogP contribution in [0, 0.1) is 0 Å². The van der Waals surface area contributed by atoms with Crippen LogP contribution in [0.3, 0.4) is 0 Å². The first kappa shape index (κ1) is 13.4. The first-order valence-corrected chi connectivity index (χ1v) is 5.92. The molecule has 0 aliphatic rings. The van der Waals surface area contributed by atoms with Crippen LogP contribution in [0.2, 0.25) is 0 Å². The molecule has 0 fully saturated rings. The Morgan fingerprint density at radius 3 is 2.29 bits per heavy atom. The quantitative estimate of drug-likeness (QED) is 0.635. The van der Waals surface area contributed by atoms with Gasteiger partial charge in [-0.2, -0.15) is 0 Å². The summed E-state index contributed by atoms with van der Waals surface area (Å²) in [6, 6.07) is 6.06. The molecule has 92 valence electrons. The van der Waals surface area contributed by atoms with Crippen LogP contribution in [0.5, 0.6) is 11.5 Å². The minimum Gasteiger partial charge on any atom is -0.486 e. The lowest BCUT2D eigenvalue weighted by molar-refractivity contribution is 0.308. The van der Waals surface area contributed by atoms with Gasteiger partial charge in [0.15, 0.2) is 11.5 Å². The van der Waals surface area contributed by atoms with Gasteiger partial charge >= 0.3 is 0 Å². The maximum Gasteiger partial charge on any atom is 0.161 e. The standard InChI is InChI=1S/C15H20O2/c1-4-7-13-8-9-14(16-10-5-2)15(12-13)17-11-6-3/h5-6,8-9,12H,2-4,7,10-11H2,1H3. The highest BCUT2D eigenvalue weighted by Gasteiger charge is 2.05. The smallest absolute Gasteiger partial charge is 0.161 e. The zero-order valence-corrected chi connectivity index (χ0v) is 10.4. The van der Waals surface area contributed by atoms with Crippen LogP contribution in [0.25, 0.3) is 0 Å². The minimum atomic E-state index is 0.484. The van der Waals surface area contributed by atoms with Gasteiger partial charge in [0.25, 0.3) is 0 Å². The summed E-state index contributed by atoms with van der Waals surface area (Å²) >= 11 is 0. The lowest BCUT2D eigenvalue weighted by atomic mass is 10.1. The van der Waals surface area contributed by atoms with Crippen molar-refractivity contribution in [2.45, 2.75) is 19.8 Å². The first-order valence-electron chi connectivity index (χ1n) is 5.92. The molecule has 2 heteroatoms. The van der Waals surface area contributed by atoms with Crippen molar-refractivity contribution in [1.82, 2.24) is 0 Å². The van der Waals surface area contributed by atoms with E-state index in [1.54, 1.807) is 12.2 Å². The number of ether oxygens (including phenoxy) is 2. The van der Waals surface area contributed by atoms with Crippen molar-refractivity contribution >= 4 is 0 Å². The van der Waals surface area contributed by atoms with Crippen LogP contribution < -0.4 is 9.47 Å². The Labute approximate surface area is 104 Å². The average molecular weight is 232 g/mol. The molecule has 0 atom stereocenters. The molecule has 0 bridgehead atoms. The lowest BCUT2D eigenvalue weighted by Crippen LogP contribution is -2.00. The van der Waals surface area contributed by atoms with E-state index in [9.17, 15) is 0 Å². The van der Waals surface area contributed by atoms with E-state index >= 15 is 0 Å². The number of rotatable bonds is 8. The van der Waals surface area contributed by atoms with Gasteiger partial charge in [0.2, 0.25) is 0 Å². The van der Waals surface area contributed by atoms with Crippen LogP contribution in [-0.2, 0) is 6.42 Å². The third kappa shape index (κ3) is 4.35. The fourth-order valence-electron chi connectivity index (χ4n) is 1.53. The molecule has 0 heterocycles.